The lowest BCUT2D eigenvalue weighted by atomic mass is 9.67. The Labute approximate surface area is 119 Å². The molecule has 0 spiro atoms. The number of hydrogen-bond acceptors (Lipinski definition) is 2. The van der Waals surface area contributed by atoms with Crippen LogP contribution in [-0.4, -0.2) is 35.2 Å². The van der Waals surface area contributed by atoms with Crippen LogP contribution in [0.4, 0.5) is 0 Å². The number of aliphatic hydroxyl groups excluding tert-OH is 1. The van der Waals surface area contributed by atoms with Gasteiger partial charge in [0.1, 0.15) is 0 Å². The minimum absolute atomic E-state index is 0.0858. The zero-order valence-electron chi connectivity index (χ0n) is 13.4. The van der Waals surface area contributed by atoms with E-state index in [1.54, 1.807) is 0 Å². The van der Waals surface area contributed by atoms with Gasteiger partial charge < -0.3 is 5.11 Å². The monoisotopic (exact) mass is 267 g/mol. The van der Waals surface area contributed by atoms with Gasteiger partial charge in [-0.2, -0.15) is 0 Å². The maximum atomic E-state index is 10.4. The van der Waals surface area contributed by atoms with Gasteiger partial charge in [0.05, 0.1) is 6.10 Å². The van der Waals surface area contributed by atoms with Crippen LogP contribution < -0.4 is 0 Å². The average molecular weight is 267 g/mol. The molecule has 3 atom stereocenters. The molecule has 2 heteroatoms. The summed E-state index contributed by atoms with van der Waals surface area (Å²) in [5, 5.41) is 10.4. The molecule has 0 radical (unpaired) electrons. The lowest BCUT2D eigenvalue weighted by molar-refractivity contribution is -0.0307. The van der Waals surface area contributed by atoms with Gasteiger partial charge in [-0.3, -0.25) is 4.90 Å². The highest BCUT2D eigenvalue weighted by Crippen LogP contribution is 2.42. The van der Waals surface area contributed by atoms with Gasteiger partial charge in [0.15, 0.2) is 0 Å². The van der Waals surface area contributed by atoms with Gasteiger partial charge in [0.2, 0.25) is 0 Å². The fourth-order valence-electron chi connectivity index (χ4n) is 3.88. The maximum Gasteiger partial charge on any atom is 0.0695 e. The van der Waals surface area contributed by atoms with Crippen LogP contribution in [0.1, 0.15) is 66.2 Å². The predicted molar refractivity (Wildman–Crippen MR) is 81.2 cm³/mol. The highest BCUT2D eigenvalue weighted by molar-refractivity contribution is 4.92. The molecule has 1 N–H and O–H groups in total. The van der Waals surface area contributed by atoms with Gasteiger partial charge in [-0.05, 0) is 62.4 Å². The standard InChI is InChI=1S/C17H33NO/c1-5-17(3,4)14-6-7-16(19)15(12-14)18-10-8-13(2)9-11-18/h13-16,19H,5-12H2,1-4H3. The SMILES string of the molecule is CCC(C)(C)C1CCC(O)C(N2CCC(C)CC2)C1. The Morgan fingerprint density at radius 3 is 2.32 bits per heavy atom. The quantitative estimate of drug-likeness (QED) is 0.843. The Morgan fingerprint density at radius 2 is 1.74 bits per heavy atom. The van der Waals surface area contributed by atoms with Gasteiger partial charge in [-0.1, -0.05) is 34.1 Å². The van der Waals surface area contributed by atoms with Crippen molar-refractivity contribution in [3.63, 3.8) is 0 Å². The average Bonchev–Trinajstić information content (AvgIpc) is 2.40. The largest absolute Gasteiger partial charge is 0.391 e. The molecule has 0 bridgehead atoms. The van der Waals surface area contributed by atoms with E-state index in [1.807, 2.05) is 0 Å². The van der Waals surface area contributed by atoms with Crippen molar-refractivity contribution in [1.29, 1.82) is 0 Å². The molecule has 2 nitrogen and oxygen atoms in total. The second kappa shape index (κ2) is 6.13. The van der Waals surface area contributed by atoms with Gasteiger partial charge in [-0.15, -0.1) is 0 Å². The molecule has 3 unspecified atom stereocenters. The van der Waals surface area contributed by atoms with E-state index >= 15 is 0 Å². The highest BCUT2D eigenvalue weighted by Gasteiger charge is 2.39. The van der Waals surface area contributed by atoms with Crippen LogP contribution in [-0.2, 0) is 0 Å². The smallest absolute Gasteiger partial charge is 0.0695 e. The van der Waals surface area contributed by atoms with E-state index in [0.29, 0.717) is 11.5 Å². The molecule has 2 aliphatic rings. The van der Waals surface area contributed by atoms with Crippen molar-refractivity contribution in [2.45, 2.75) is 78.4 Å². The van der Waals surface area contributed by atoms with Crippen molar-refractivity contribution in [3.8, 4) is 0 Å². The number of rotatable bonds is 3. The number of piperidine rings is 1. The van der Waals surface area contributed by atoms with E-state index in [1.165, 1.54) is 45.2 Å². The van der Waals surface area contributed by atoms with Gasteiger partial charge in [0, 0.05) is 6.04 Å². The normalized spacial score (nSPS) is 35.5. The minimum atomic E-state index is -0.0858. The molecule has 0 aromatic carbocycles. The lowest BCUT2D eigenvalue weighted by Gasteiger charge is -2.47. The first-order chi connectivity index (χ1) is 8.94. The first kappa shape index (κ1) is 15.3. The zero-order chi connectivity index (χ0) is 14.0. The summed E-state index contributed by atoms with van der Waals surface area (Å²) in [7, 11) is 0. The van der Waals surface area contributed by atoms with E-state index < -0.39 is 0 Å². The van der Waals surface area contributed by atoms with E-state index in [0.717, 1.165) is 18.3 Å². The summed E-state index contributed by atoms with van der Waals surface area (Å²) in [4.78, 5) is 2.59. The molecule has 1 aliphatic carbocycles. The predicted octanol–water partition coefficient (Wildman–Crippen LogP) is 3.68. The number of nitrogens with zero attached hydrogens (tertiary/aromatic N) is 1. The summed E-state index contributed by atoms with van der Waals surface area (Å²) in [6.45, 7) is 11.9. The van der Waals surface area contributed by atoms with Crippen LogP contribution in [0.5, 0.6) is 0 Å². The molecule has 1 aliphatic heterocycles. The first-order valence-electron chi connectivity index (χ1n) is 8.36. The van der Waals surface area contributed by atoms with Crippen LogP contribution in [0, 0.1) is 17.3 Å². The summed E-state index contributed by atoms with van der Waals surface area (Å²) in [6, 6.07) is 0.428. The van der Waals surface area contributed by atoms with Crippen molar-refractivity contribution in [2.24, 2.45) is 17.3 Å². The third kappa shape index (κ3) is 3.52. The summed E-state index contributed by atoms with van der Waals surface area (Å²) in [6.07, 6.45) is 7.20. The molecule has 0 aromatic rings. The van der Waals surface area contributed by atoms with Gasteiger partial charge in [0.25, 0.3) is 0 Å². The molecular formula is C17H33NO. The summed E-state index contributed by atoms with van der Waals surface area (Å²) < 4.78 is 0. The third-order valence-electron chi connectivity index (χ3n) is 6.08. The van der Waals surface area contributed by atoms with Crippen molar-refractivity contribution in [3.05, 3.63) is 0 Å². The van der Waals surface area contributed by atoms with E-state index in [9.17, 15) is 5.11 Å². The van der Waals surface area contributed by atoms with Crippen molar-refractivity contribution in [1.82, 2.24) is 4.90 Å². The Balaban J connectivity index is 1.98. The van der Waals surface area contributed by atoms with E-state index in [-0.39, 0.29) is 6.10 Å². The third-order valence-corrected chi connectivity index (χ3v) is 6.08. The molecule has 1 saturated heterocycles. The van der Waals surface area contributed by atoms with E-state index in [2.05, 4.69) is 32.6 Å². The summed E-state index contributed by atoms with van der Waals surface area (Å²) in [5.41, 5.74) is 0.432. The van der Waals surface area contributed by atoms with Crippen LogP contribution in [0.25, 0.3) is 0 Å². The first-order valence-corrected chi connectivity index (χ1v) is 8.36. The lowest BCUT2D eigenvalue weighted by Crippen LogP contribution is -2.51. The van der Waals surface area contributed by atoms with Crippen LogP contribution >= 0.6 is 0 Å². The Morgan fingerprint density at radius 1 is 1.11 bits per heavy atom. The zero-order valence-corrected chi connectivity index (χ0v) is 13.4. The fourth-order valence-corrected chi connectivity index (χ4v) is 3.88. The molecular weight excluding hydrogens is 234 g/mol. The number of hydrogen-bond donors (Lipinski definition) is 1. The molecule has 0 amide bonds. The summed E-state index contributed by atoms with van der Waals surface area (Å²) in [5.74, 6) is 1.66. The van der Waals surface area contributed by atoms with Crippen molar-refractivity contribution >= 4 is 0 Å². The van der Waals surface area contributed by atoms with Gasteiger partial charge >= 0.3 is 0 Å². The number of aliphatic hydroxyl groups is 1. The highest BCUT2D eigenvalue weighted by atomic mass is 16.3. The topological polar surface area (TPSA) is 23.5 Å². The maximum absolute atomic E-state index is 10.4. The molecule has 112 valence electrons. The second-order valence-corrected chi connectivity index (χ2v) is 7.71. The van der Waals surface area contributed by atoms with Crippen LogP contribution in [0.2, 0.25) is 0 Å². The minimum Gasteiger partial charge on any atom is -0.391 e. The van der Waals surface area contributed by atoms with Crippen LogP contribution in [0.3, 0.4) is 0 Å². The number of likely N-dealkylation sites (tertiary alicyclic amines) is 1. The molecule has 0 aromatic heterocycles. The summed E-state index contributed by atoms with van der Waals surface area (Å²) >= 11 is 0. The van der Waals surface area contributed by atoms with Crippen molar-refractivity contribution in [2.75, 3.05) is 13.1 Å². The second-order valence-electron chi connectivity index (χ2n) is 7.71. The molecule has 1 saturated carbocycles. The molecule has 2 rings (SSSR count). The Hall–Kier alpha value is -0.0800. The van der Waals surface area contributed by atoms with Crippen molar-refractivity contribution < 1.29 is 5.11 Å². The van der Waals surface area contributed by atoms with Gasteiger partial charge in [-0.25, -0.2) is 0 Å². The Kier molecular flexibility index (Phi) is 4.94. The van der Waals surface area contributed by atoms with E-state index in [4.69, 9.17) is 0 Å². The molecule has 2 fully saturated rings. The Bertz CT molecular complexity index is 281. The fraction of sp³-hybridized carbons (Fsp3) is 1.00. The molecule has 19 heavy (non-hydrogen) atoms. The molecule has 1 heterocycles. The van der Waals surface area contributed by atoms with Crippen LogP contribution in [0.15, 0.2) is 0 Å².